The molecule has 1 fully saturated rings. The number of carbonyl (C=O) groups excluding carboxylic acids is 1. The lowest BCUT2D eigenvalue weighted by Gasteiger charge is -2.26. The first-order valence-corrected chi connectivity index (χ1v) is 10.3. The SMILES string of the molecule is CCn1c(CN2CCOCC2)nnc1SCC(=O)Nc1ccc(Cl)cc1C. The van der Waals surface area contributed by atoms with E-state index in [0.717, 1.165) is 61.6 Å². The fourth-order valence-electron chi connectivity index (χ4n) is 2.90. The number of halogens is 1. The average molecular weight is 410 g/mol. The topological polar surface area (TPSA) is 72.3 Å². The van der Waals surface area contributed by atoms with Crippen LogP contribution in [0.25, 0.3) is 0 Å². The van der Waals surface area contributed by atoms with E-state index in [1.165, 1.54) is 11.8 Å². The third-order valence-corrected chi connectivity index (χ3v) is 5.58. The van der Waals surface area contributed by atoms with E-state index in [1.807, 2.05) is 19.1 Å². The number of nitrogens with one attached hydrogen (secondary N) is 1. The van der Waals surface area contributed by atoms with Crippen molar-refractivity contribution in [1.82, 2.24) is 19.7 Å². The van der Waals surface area contributed by atoms with Crippen LogP contribution in [0.4, 0.5) is 5.69 Å². The van der Waals surface area contributed by atoms with Gasteiger partial charge in [-0.1, -0.05) is 23.4 Å². The van der Waals surface area contributed by atoms with Crippen molar-refractivity contribution in [3.05, 3.63) is 34.6 Å². The van der Waals surface area contributed by atoms with Gasteiger partial charge in [0, 0.05) is 30.3 Å². The van der Waals surface area contributed by atoms with Crippen molar-refractivity contribution in [3.63, 3.8) is 0 Å². The second kappa shape index (κ2) is 9.54. The smallest absolute Gasteiger partial charge is 0.234 e. The molecule has 0 unspecified atom stereocenters. The molecule has 9 heteroatoms. The number of rotatable bonds is 7. The molecule has 3 rings (SSSR count). The van der Waals surface area contributed by atoms with Crippen molar-refractivity contribution in [2.45, 2.75) is 32.1 Å². The Kier molecular flexibility index (Phi) is 7.12. The summed E-state index contributed by atoms with van der Waals surface area (Å²) in [6, 6.07) is 5.41. The predicted octanol–water partition coefficient (Wildman–Crippen LogP) is 2.82. The molecule has 0 aliphatic carbocycles. The number of ether oxygens (including phenoxy) is 1. The Morgan fingerprint density at radius 2 is 2.11 bits per heavy atom. The maximum atomic E-state index is 12.3. The van der Waals surface area contributed by atoms with Gasteiger partial charge in [0.15, 0.2) is 5.16 Å². The summed E-state index contributed by atoms with van der Waals surface area (Å²) in [5.41, 5.74) is 1.71. The molecule has 1 N–H and O–H groups in total. The van der Waals surface area contributed by atoms with Gasteiger partial charge in [0.2, 0.25) is 5.91 Å². The third kappa shape index (κ3) is 5.44. The van der Waals surface area contributed by atoms with Crippen LogP contribution in [0, 0.1) is 6.92 Å². The van der Waals surface area contributed by atoms with Crippen LogP contribution >= 0.6 is 23.4 Å². The zero-order valence-electron chi connectivity index (χ0n) is 15.6. The number of morpholine rings is 1. The van der Waals surface area contributed by atoms with Gasteiger partial charge >= 0.3 is 0 Å². The van der Waals surface area contributed by atoms with Crippen LogP contribution in [0.3, 0.4) is 0 Å². The van der Waals surface area contributed by atoms with Crippen LogP contribution < -0.4 is 5.32 Å². The molecule has 2 heterocycles. The van der Waals surface area contributed by atoms with Crippen LogP contribution in [0.2, 0.25) is 5.02 Å². The zero-order chi connectivity index (χ0) is 19.2. The first kappa shape index (κ1) is 20.1. The number of hydrogen-bond donors (Lipinski definition) is 1. The Morgan fingerprint density at radius 3 is 2.81 bits per heavy atom. The summed E-state index contributed by atoms with van der Waals surface area (Å²) in [6.07, 6.45) is 0. The van der Waals surface area contributed by atoms with Crippen molar-refractivity contribution in [2.75, 3.05) is 37.4 Å². The highest BCUT2D eigenvalue weighted by Crippen LogP contribution is 2.21. The molecule has 1 aliphatic heterocycles. The molecule has 1 aliphatic rings. The summed E-state index contributed by atoms with van der Waals surface area (Å²) >= 11 is 7.35. The van der Waals surface area contributed by atoms with Crippen LogP contribution in [0.1, 0.15) is 18.3 Å². The molecule has 0 atom stereocenters. The minimum Gasteiger partial charge on any atom is -0.379 e. The number of carbonyl (C=O) groups is 1. The highest BCUT2D eigenvalue weighted by molar-refractivity contribution is 7.99. The maximum Gasteiger partial charge on any atom is 0.234 e. The highest BCUT2D eigenvalue weighted by atomic mass is 35.5. The Labute approximate surface area is 168 Å². The lowest BCUT2D eigenvalue weighted by atomic mass is 10.2. The number of thioether (sulfide) groups is 1. The molecule has 0 bridgehead atoms. The second-order valence-electron chi connectivity index (χ2n) is 6.33. The van der Waals surface area contributed by atoms with Crippen molar-refractivity contribution in [3.8, 4) is 0 Å². The van der Waals surface area contributed by atoms with Gasteiger partial charge in [-0.05, 0) is 37.6 Å². The van der Waals surface area contributed by atoms with Crippen molar-refractivity contribution in [2.24, 2.45) is 0 Å². The molecule has 27 heavy (non-hydrogen) atoms. The first-order chi connectivity index (χ1) is 13.1. The van der Waals surface area contributed by atoms with Crippen LogP contribution in [-0.2, 0) is 22.6 Å². The summed E-state index contributed by atoms with van der Waals surface area (Å²) in [6.45, 7) is 8.82. The van der Waals surface area contributed by atoms with E-state index in [2.05, 4.69) is 31.9 Å². The number of anilines is 1. The standard InChI is InChI=1S/C18H24ClN5O2S/c1-3-24-16(11-23-6-8-26-9-7-23)21-22-18(24)27-12-17(25)20-15-5-4-14(19)10-13(15)2/h4-5,10H,3,6-9,11-12H2,1-2H3,(H,20,25). The molecular formula is C18H24ClN5O2S. The van der Waals surface area contributed by atoms with Gasteiger partial charge in [-0.3, -0.25) is 9.69 Å². The summed E-state index contributed by atoms with van der Waals surface area (Å²) in [5.74, 6) is 1.12. The van der Waals surface area contributed by atoms with Gasteiger partial charge in [-0.2, -0.15) is 0 Å². The first-order valence-electron chi connectivity index (χ1n) is 8.97. The Bertz CT molecular complexity index is 792. The lowest BCUT2D eigenvalue weighted by Crippen LogP contribution is -2.36. The second-order valence-corrected chi connectivity index (χ2v) is 7.71. The number of aromatic nitrogens is 3. The minimum absolute atomic E-state index is 0.0780. The average Bonchev–Trinajstić information content (AvgIpc) is 3.04. The largest absolute Gasteiger partial charge is 0.379 e. The lowest BCUT2D eigenvalue weighted by molar-refractivity contribution is -0.113. The van der Waals surface area contributed by atoms with Crippen molar-refractivity contribution >= 4 is 35.0 Å². The van der Waals surface area contributed by atoms with Crippen LogP contribution in [0.5, 0.6) is 0 Å². The zero-order valence-corrected chi connectivity index (χ0v) is 17.1. The van der Waals surface area contributed by atoms with Gasteiger partial charge < -0.3 is 14.6 Å². The summed E-state index contributed by atoms with van der Waals surface area (Å²) in [5, 5.41) is 13.0. The van der Waals surface area contributed by atoms with Crippen molar-refractivity contribution < 1.29 is 9.53 Å². The Hall–Kier alpha value is -1.61. The van der Waals surface area contributed by atoms with E-state index in [-0.39, 0.29) is 11.7 Å². The molecule has 1 aromatic heterocycles. The number of nitrogens with zero attached hydrogens (tertiary/aromatic N) is 4. The number of benzene rings is 1. The van der Waals surface area contributed by atoms with Crippen LogP contribution in [-0.4, -0.2) is 57.6 Å². The highest BCUT2D eigenvalue weighted by Gasteiger charge is 2.17. The quantitative estimate of drug-likeness (QED) is 0.709. The molecule has 146 valence electrons. The minimum atomic E-state index is -0.0780. The van der Waals surface area contributed by atoms with Gasteiger partial charge in [-0.25, -0.2) is 0 Å². The van der Waals surface area contributed by atoms with Gasteiger partial charge in [-0.15, -0.1) is 10.2 Å². The fourth-order valence-corrected chi connectivity index (χ4v) is 3.95. The Balaban J connectivity index is 1.57. The normalized spacial score (nSPS) is 15.1. The van der Waals surface area contributed by atoms with Gasteiger partial charge in [0.1, 0.15) is 5.82 Å². The summed E-state index contributed by atoms with van der Waals surface area (Å²) in [4.78, 5) is 14.6. The molecule has 2 aromatic rings. The monoisotopic (exact) mass is 409 g/mol. The predicted molar refractivity (Wildman–Crippen MR) is 107 cm³/mol. The Morgan fingerprint density at radius 1 is 1.33 bits per heavy atom. The molecule has 0 saturated carbocycles. The van der Waals surface area contributed by atoms with E-state index in [9.17, 15) is 4.79 Å². The molecular weight excluding hydrogens is 386 g/mol. The van der Waals surface area contributed by atoms with Gasteiger partial charge in [0.25, 0.3) is 0 Å². The van der Waals surface area contributed by atoms with E-state index in [4.69, 9.17) is 16.3 Å². The molecule has 0 radical (unpaired) electrons. The molecule has 1 aromatic carbocycles. The van der Waals surface area contributed by atoms with E-state index >= 15 is 0 Å². The van der Waals surface area contributed by atoms with E-state index in [0.29, 0.717) is 5.02 Å². The molecule has 0 spiro atoms. The number of amides is 1. The molecule has 7 nitrogen and oxygen atoms in total. The summed E-state index contributed by atoms with van der Waals surface area (Å²) in [7, 11) is 0. The maximum absolute atomic E-state index is 12.3. The summed E-state index contributed by atoms with van der Waals surface area (Å²) < 4.78 is 7.46. The molecule has 1 amide bonds. The van der Waals surface area contributed by atoms with E-state index in [1.54, 1.807) is 6.07 Å². The van der Waals surface area contributed by atoms with Crippen molar-refractivity contribution in [1.29, 1.82) is 0 Å². The fraction of sp³-hybridized carbons (Fsp3) is 0.500. The number of hydrogen-bond acceptors (Lipinski definition) is 6. The van der Waals surface area contributed by atoms with Crippen LogP contribution in [0.15, 0.2) is 23.4 Å². The number of aryl methyl sites for hydroxylation is 1. The molecule has 1 saturated heterocycles. The third-order valence-electron chi connectivity index (χ3n) is 4.37. The van der Waals surface area contributed by atoms with E-state index < -0.39 is 0 Å². The van der Waals surface area contributed by atoms with Gasteiger partial charge in [0.05, 0.1) is 25.5 Å².